The zero-order chi connectivity index (χ0) is 9.52. The van der Waals surface area contributed by atoms with Crippen LogP contribution in [0.15, 0.2) is 36.9 Å². The maximum atomic E-state index is 5.48. The molecule has 1 rings (SSSR count). The Morgan fingerprint density at radius 1 is 1.23 bits per heavy atom. The number of hydrogen-bond acceptors (Lipinski definition) is 2. The second-order valence-electron chi connectivity index (χ2n) is 2.82. The molecule has 0 aliphatic carbocycles. The highest BCUT2D eigenvalue weighted by Crippen LogP contribution is 2.04. The lowest BCUT2D eigenvalue weighted by Gasteiger charge is -2.02. The van der Waals surface area contributed by atoms with E-state index in [0.717, 1.165) is 5.56 Å². The van der Waals surface area contributed by atoms with E-state index in [1.807, 2.05) is 24.3 Å². The molecular weight excluding hydrogens is 162 g/mol. The highest BCUT2D eigenvalue weighted by molar-refractivity contribution is 5.21. The van der Waals surface area contributed by atoms with Crippen molar-refractivity contribution in [2.75, 3.05) is 6.61 Å². The molecule has 0 unspecified atom stereocenters. The van der Waals surface area contributed by atoms with Gasteiger partial charge in [0.15, 0.2) is 0 Å². The van der Waals surface area contributed by atoms with Gasteiger partial charge in [0.25, 0.3) is 0 Å². The normalized spacial score (nSPS) is 9.92. The van der Waals surface area contributed by atoms with Crippen LogP contribution in [0.1, 0.15) is 11.1 Å². The van der Waals surface area contributed by atoms with E-state index in [-0.39, 0.29) is 0 Å². The Labute approximate surface area is 79.0 Å². The van der Waals surface area contributed by atoms with Crippen molar-refractivity contribution in [2.24, 2.45) is 5.73 Å². The van der Waals surface area contributed by atoms with Gasteiger partial charge < -0.3 is 10.5 Å². The molecular formula is C11H15NO. The van der Waals surface area contributed by atoms with Gasteiger partial charge in [0, 0.05) is 6.54 Å². The average molecular weight is 177 g/mol. The minimum absolute atomic E-state index is 0.591. The third-order valence-electron chi connectivity index (χ3n) is 1.76. The average Bonchev–Trinajstić information content (AvgIpc) is 2.19. The summed E-state index contributed by atoms with van der Waals surface area (Å²) in [5, 5.41) is 0. The van der Waals surface area contributed by atoms with Crippen LogP contribution in [0.4, 0.5) is 0 Å². The molecule has 0 saturated carbocycles. The van der Waals surface area contributed by atoms with E-state index in [4.69, 9.17) is 10.5 Å². The third-order valence-corrected chi connectivity index (χ3v) is 1.76. The van der Waals surface area contributed by atoms with Crippen LogP contribution in [0.5, 0.6) is 0 Å². The van der Waals surface area contributed by atoms with Gasteiger partial charge in [0.2, 0.25) is 0 Å². The molecule has 1 aromatic carbocycles. The molecule has 0 aromatic heterocycles. The summed E-state index contributed by atoms with van der Waals surface area (Å²) < 4.78 is 5.29. The van der Waals surface area contributed by atoms with E-state index < -0.39 is 0 Å². The second-order valence-corrected chi connectivity index (χ2v) is 2.82. The monoisotopic (exact) mass is 177 g/mol. The van der Waals surface area contributed by atoms with Crippen molar-refractivity contribution in [1.82, 2.24) is 0 Å². The Morgan fingerprint density at radius 3 is 2.38 bits per heavy atom. The van der Waals surface area contributed by atoms with Crippen molar-refractivity contribution in [2.45, 2.75) is 13.2 Å². The first-order chi connectivity index (χ1) is 6.36. The van der Waals surface area contributed by atoms with E-state index in [1.54, 1.807) is 6.08 Å². The van der Waals surface area contributed by atoms with Gasteiger partial charge in [-0.15, -0.1) is 6.58 Å². The van der Waals surface area contributed by atoms with Crippen LogP contribution in [-0.4, -0.2) is 6.61 Å². The number of ether oxygens (including phenoxy) is 1. The van der Waals surface area contributed by atoms with E-state index >= 15 is 0 Å². The van der Waals surface area contributed by atoms with Crippen molar-refractivity contribution in [3.63, 3.8) is 0 Å². The van der Waals surface area contributed by atoms with Crippen LogP contribution in [0.25, 0.3) is 0 Å². The van der Waals surface area contributed by atoms with Gasteiger partial charge in [-0.05, 0) is 11.1 Å². The summed E-state index contributed by atoms with van der Waals surface area (Å²) in [6.07, 6.45) is 1.74. The Morgan fingerprint density at radius 2 is 1.85 bits per heavy atom. The van der Waals surface area contributed by atoms with Crippen LogP contribution < -0.4 is 5.73 Å². The van der Waals surface area contributed by atoms with Gasteiger partial charge in [-0.25, -0.2) is 0 Å². The van der Waals surface area contributed by atoms with Gasteiger partial charge in [0.05, 0.1) is 13.2 Å². The first-order valence-electron chi connectivity index (χ1n) is 4.33. The molecule has 0 aliphatic rings. The zero-order valence-electron chi connectivity index (χ0n) is 7.70. The van der Waals surface area contributed by atoms with Crippen LogP contribution >= 0.6 is 0 Å². The molecule has 0 aliphatic heterocycles. The van der Waals surface area contributed by atoms with Crippen molar-refractivity contribution >= 4 is 0 Å². The van der Waals surface area contributed by atoms with E-state index in [2.05, 4.69) is 6.58 Å². The summed E-state index contributed by atoms with van der Waals surface area (Å²) in [5.74, 6) is 0. The van der Waals surface area contributed by atoms with Crippen molar-refractivity contribution in [3.05, 3.63) is 48.0 Å². The number of benzene rings is 1. The second kappa shape index (κ2) is 5.51. The van der Waals surface area contributed by atoms with E-state index in [9.17, 15) is 0 Å². The molecule has 0 atom stereocenters. The lowest BCUT2D eigenvalue weighted by atomic mass is 10.1. The summed E-state index contributed by atoms with van der Waals surface area (Å²) in [6, 6.07) is 8.11. The number of nitrogens with two attached hydrogens (primary N) is 1. The lowest BCUT2D eigenvalue weighted by Crippen LogP contribution is -1.97. The molecule has 2 N–H and O–H groups in total. The molecule has 2 nitrogen and oxygen atoms in total. The fraction of sp³-hybridized carbons (Fsp3) is 0.273. The predicted octanol–water partition coefficient (Wildman–Crippen LogP) is 1.85. The summed E-state index contributed by atoms with van der Waals surface area (Å²) in [7, 11) is 0. The minimum atomic E-state index is 0.591. The third kappa shape index (κ3) is 3.40. The molecule has 0 bridgehead atoms. The maximum absolute atomic E-state index is 5.48. The van der Waals surface area contributed by atoms with Crippen molar-refractivity contribution < 1.29 is 4.74 Å². The molecule has 70 valence electrons. The molecule has 0 saturated heterocycles. The van der Waals surface area contributed by atoms with Gasteiger partial charge in [-0.1, -0.05) is 30.3 Å². The van der Waals surface area contributed by atoms with E-state index in [1.165, 1.54) is 5.56 Å². The fourth-order valence-corrected chi connectivity index (χ4v) is 1.03. The highest BCUT2D eigenvalue weighted by Gasteiger charge is 1.92. The topological polar surface area (TPSA) is 35.2 Å². The Hall–Kier alpha value is -1.12. The number of rotatable bonds is 5. The van der Waals surface area contributed by atoms with Crippen molar-refractivity contribution in [3.8, 4) is 0 Å². The molecule has 2 heteroatoms. The van der Waals surface area contributed by atoms with E-state index in [0.29, 0.717) is 19.8 Å². The molecule has 0 heterocycles. The Bertz CT molecular complexity index is 253. The summed E-state index contributed by atoms with van der Waals surface area (Å²) in [5.41, 5.74) is 7.79. The maximum Gasteiger partial charge on any atom is 0.0721 e. The molecule has 0 amide bonds. The smallest absolute Gasteiger partial charge is 0.0721 e. The molecule has 1 aromatic rings. The quantitative estimate of drug-likeness (QED) is 0.550. The first kappa shape index (κ1) is 9.96. The van der Waals surface area contributed by atoms with Crippen molar-refractivity contribution in [1.29, 1.82) is 0 Å². The zero-order valence-corrected chi connectivity index (χ0v) is 7.70. The Balaban J connectivity index is 2.44. The van der Waals surface area contributed by atoms with Crippen LogP contribution in [0.2, 0.25) is 0 Å². The highest BCUT2D eigenvalue weighted by atomic mass is 16.5. The molecule has 0 fully saturated rings. The molecule has 13 heavy (non-hydrogen) atoms. The summed E-state index contributed by atoms with van der Waals surface area (Å²) >= 11 is 0. The summed E-state index contributed by atoms with van der Waals surface area (Å²) in [6.45, 7) is 5.40. The van der Waals surface area contributed by atoms with Gasteiger partial charge >= 0.3 is 0 Å². The Kier molecular flexibility index (Phi) is 4.23. The van der Waals surface area contributed by atoms with Gasteiger partial charge in [-0.2, -0.15) is 0 Å². The lowest BCUT2D eigenvalue weighted by molar-refractivity contribution is 0.149. The summed E-state index contributed by atoms with van der Waals surface area (Å²) in [4.78, 5) is 0. The predicted molar refractivity (Wildman–Crippen MR) is 54.2 cm³/mol. The van der Waals surface area contributed by atoms with Gasteiger partial charge in [-0.3, -0.25) is 0 Å². The minimum Gasteiger partial charge on any atom is -0.373 e. The SMILES string of the molecule is C=CCOCc1ccc(CN)cc1. The van der Waals surface area contributed by atoms with Crippen LogP contribution in [-0.2, 0) is 17.9 Å². The van der Waals surface area contributed by atoms with Crippen LogP contribution in [0, 0.1) is 0 Å². The molecule has 0 radical (unpaired) electrons. The largest absolute Gasteiger partial charge is 0.373 e. The first-order valence-corrected chi connectivity index (χ1v) is 4.33. The molecule has 0 spiro atoms. The number of hydrogen-bond donors (Lipinski definition) is 1. The van der Waals surface area contributed by atoms with Gasteiger partial charge in [0.1, 0.15) is 0 Å². The standard InChI is InChI=1S/C11H15NO/c1-2-7-13-9-11-5-3-10(8-12)4-6-11/h2-6H,1,7-9,12H2. The fourth-order valence-electron chi connectivity index (χ4n) is 1.03. The van der Waals surface area contributed by atoms with Crippen LogP contribution in [0.3, 0.4) is 0 Å².